The molecule has 7 heteroatoms. The molecule has 4 N–H and O–H groups in total. The first-order valence-electron chi connectivity index (χ1n) is 7.10. The molecule has 1 atom stereocenters. The van der Waals surface area contributed by atoms with Gasteiger partial charge in [0.05, 0.1) is 0 Å². The molecular formula is C16H25ClFN5. The highest BCUT2D eigenvalue weighted by Crippen LogP contribution is 2.29. The van der Waals surface area contributed by atoms with Crippen LogP contribution in [0.2, 0.25) is 0 Å². The molecule has 1 heterocycles. The maximum Gasteiger partial charge on any atom is 0.185 e. The van der Waals surface area contributed by atoms with E-state index >= 15 is 0 Å². The van der Waals surface area contributed by atoms with Crippen molar-refractivity contribution in [3.05, 3.63) is 47.4 Å². The van der Waals surface area contributed by atoms with Gasteiger partial charge in [0.2, 0.25) is 0 Å². The van der Waals surface area contributed by atoms with Crippen LogP contribution < -0.4 is 11.1 Å². The van der Waals surface area contributed by atoms with Gasteiger partial charge in [-0.05, 0) is 29.7 Å². The van der Waals surface area contributed by atoms with E-state index < -0.39 is 0 Å². The molecule has 0 amide bonds. The largest absolute Gasteiger partial charge is 0.370 e. The van der Waals surface area contributed by atoms with Crippen LogP contribution in [0.3, 0.4) is 0 Å². The van der Waals surface area contributed by atoms with Crippen LogP contribution in [-0.4, -0.2) is 31.2 Å². The van der Waals surface area contributed by atoms with Crippen molar-refractivity contribution >= 4 is 24.6 Å². The van der Waals surface area contributed by atoms with Crippen LogP contribution in [0, 0.1) is 17.1 Å². The molecule has 5 nitrogen and oxygen atoms in total. The standard InChI is InChI=1S/C14H17FN2.C2H7N3.ClH/c1-10(2)13-8-9-16-14(17(13)3)11-4-6-12(15)7-5-11;1-5-2(3)4;/h4-10,14H,1-3H3;1H3,(H4,3,4,5);1H. The highest BCUT2D eigenvalue weighted by molar-refractivity contribution is 5.85. The Bertz CT molecular complexity index is 554. The zero-order chi connectivity index (χ0) is 16.7. The molecule has 23 heavy (non-hydrogen) atoms. The summed E-state index contributed by atoms with van der Waals surface area (Å²) in [5.41, 5.74) is 7.02. The SMILES string of the molecule is CC(C)C1=CC=NC(c2ccc(F)cc2)N1C.CNC(=N)N.Cl. The maximum atomic E-state index is 12.9. The molecule has 1 aromatic rings. The number of hydrogen-bond acceptors (Lipinski definition) is 3. The summed E-state index contributed by atoms with van der Waals surface area (Å²) in [4.78, 5) is 6.58. The van der Waals surface area contributed by atoms with Gasteiger partial charge in [-0.3, -0.25) is 10.4 Å². The molecule has 0 fully saturated rings. The lowest BCUT2D eigenvalue weighted by Crippen LogP contribution is -2.27. The second kappa shape index (κ2) is 9.84. The fourth-order valence-corrected chi connectivity index (χ4v) is 2.10. The molecule has 0 aliphatic carbocycles. The van der Waals surface area contributed by atoms with E-state index in [-0.39, 0.29) is 30.3 Å². The van der Waals surface area contributed by atoms with Crippen molar-refractivity contribution in [3.63, 3.8) is 0 Å². The Labute approximate surface area is 143 Å². The van der Waals surface area contributed by atoms with Gasteiger partial charge in [-0.15, -0.1) is 12.4 Å². The lowest BCUT2D eigenvalue weighted by atomic mass is 10.0. The minimum Gasteiger partial charge on any atom is -0.370 e. The first-order chi connectivity index (χ1) is 10.4. The number of nitrogens with two attached hydrogens (primary N) is 1. The maximum absolute atomic E-state index is 12.9. The normalized spacial score (nSPS) is 16.0. The predicted octanol–water partition coefficient (Wildman–Crippen LogP) is 2.90. The van der Waals surface area contributed by atoms with E-state index in [0.717, 1.165) is 5.56 Å². The van der Waals surface area contributed by atoms with Crippen molar-refractivity contribution in [1.29, 1.82) is 5.41 Å². The Morgan fingerprint density at radius 2 is 1.87 bits per heavy atom. The van der Waals surface area contributed by atoms with Gasteiger partial charge in [0.15, 0.2) is 5.96 Å². The number of hydrogen-bond donors (Lipinski definition) is 3. The lowest BCUT2D eigenvalue weighted by Gasteiger charge is -2.33. The Morgan fingerprint density at radius 3 is 2.30 bits per heavy atom. The van der Waals surface area contributed by atoms with Crippen molar-refractivity contribution < 1.29 is 4.39 Å². The summed E-state index contributed by atoms with van der Waals surface area (Å²) in [5.74, 6) is 0.246. The van der Waals surface area contributed by atoms with E-state index in [4.69, 9.17) is 11.1 Å². The number of allylic oxidation sites excluding steroid dienone is 2. The summed E-state index contributed by atoms with van der Waals surface area (Å²) in [6, 6.07) is 6.53. The highest BCUT2D eigenvalue weighted by atomic mass is 35.5. The van der Waals surface area contributed by atoms with Crippen LogP contribution in [0.4, 0.5) is 4.39 Å². The molecule has 0 radical (unpaired) electrons. The molecule has 0 saturated carbocycles. The summed E-state index contributed by atoms with van der Waals surface area (Å²) >= 11 is 0. The Morgan fingerprint density at radius 1 is 1.35 bits per heavy atom. The molecule has 1 aromatic carbocycles. The van der Waals surface area contributed by atoms with Crippen molar-refractivity contribution in [3.8, 4) is 0 Å². The first-order valence-corrected chi connectivity index (χ1v) is 7.10. The molecule has 0 aromatic heterocycles. The number of benzene rings is 1. The first kappa shape index (κ1) is 20.9. The van der Waals surface area contributed by atoms with Gasteiger partial charge in [0.25, 0.3) is 0 Å². The average Bonchev–Trinajstić information content (AvgIpc) is 2.49. The number of guanidine groups is 1. The van der Waals surface area contributed by atoms with Crippen LogP contribution in [-0.2, 0) is 0 Å². The highest BCUT2D eigenvalue weighted by Gasteiger charge is 2.21. The van der Waals surface area contributed by atoms with E-state index in [1.807, 2.05) is 19.3 Å². The topological polar surface area (TPSA) is 77.5 Å². The molecule has 128 valence electrons. The summed E-state index contributed by atoms with van der Waals surface area (Å²) < 4.78 is 12.9. The molecule has 0 saturated heterocycles. The number of rotatable bonds is 2. The third kappa shape index (κ3) is 6.28. The van der Waals surface area contributed by atoms with E-state index in [9.17, 15) is 4.39 Å². The van der Waals surface area contributed by atoms with Crippen molar-refractivity contribution in [2.45, 2.75) is 20.0 Å². The zero-order valence-corrected chi connectivity index (χ0v) is 14.7. The Kier molecular flexibility index (Phi) is 8.95. The second-order valence-electron chi connectivity index (χ2n) is 5.24. The molecular weight excluding hydrogens is 317 g/mol. The minimum absolute atomic E-state index is 0. The van der Waals surface area contributed by atoms with Gasteiger partial charge in [-0.1, -0.05) is 26.0 Å². The number of aliphatic imine (C=N–C) groups is 1. The van der Waals surface area contributed by atoms with E-state index in [1.165, 1.54) is 17.8 Å². The Hall–Kier alpha value is -2.08. The van der Waals surface area contributed by atoms with Crippen LogP contribution in [0.25, 0.3) is 0 Å². The van der Waals surface area contributed by atoms with E-state index in [0.29, 0.717) is 5.92 Å². The molecule has 2 rings (SSSR count). The quantitative estimate of drug-likeness (QED) is 0.571. The van der Waals surface area contributed by atoms with Crippen molar-refractivity contribution in [1.82, 2.24) is 10.2 Å². The number of nitrogens with zero attached hydrogens (tertiary/aromatic N) is 2. The Balaban J connectivity index is 0.000000709. The smallest absolute Gasteiger partial charge is 0.185 e. The van der Waals surface area contributed by atoms with Gasteiger partial charge in [0, 0.05) is 26.0 Å². The predicted molar refractivity (Wildman–Crippen MR) is 96.5 cm³/mol. The molecule has 0 bridgehead atoms. The molecule has 0 spiro atoms. The lowest BCUT2D eigenvalue weighted by molar-refractivity contribution is 0.287. The third-order valence-corrected chi connectivity index (χ3v) is 3.28. The van der Waals surface area contributed by atoms with Gasteiger partial charge in [-0.2, -0.15) is 0 Å². The van der Waals surface area contributed by atoms with Gasteiger partial charge >= 0.3 is 0 Å². The second-order valence-corrected chi connectivity index (χ2v) is 5.24. The summed E-state index contributed by atoms with van der Waals surface area (Å²) in [7, 11) is 3.62. The van der Waals surface area contributed by atoms with Crippen molar-refractivity contribution in [2.75, 3.05) is 14.1 Å². The monoisotopic (exact) mass is 341 g/mol. The van der Waals surface area contributed by atoms with E-state index in [1.54, 1.807) is 19.2 Å². The van der Waals surface area contributed by atoms with Crippen LogP contribution in [0.5, 0.6) is 0 Å². The van der Waals surface area contributed by atoms with Crippen LogP contribution in [0.15, 0.2) is 41.0 Å². The average molecular weight is 342 g/mol. The van der Waals surface area contributed by atoms with Crippen LogP contribution in [0.1, 0.15) is 25.6 Å². The van der Waals surface area contributed by atoms with Gasteiger partial charge in [-0.25, -0.2) is 4.39 Å². The number of halogens is 2. The fraction of sp³-hybridized carbons (Fsp3) is 0.375. The molecule has 1 aliphatic heterocycles. The summed E-state index contributed by atoms with van der Waals surface area (Å²) in [5, 5.41) is 8.80. The summed E-state index contributed by atoms with van der Waals surface area (Å²) in [6.07, 6.45) is 3.83. The zero-order valence-electron chi connectivity index (χ0n) is 13.9. The fourth-order valence-electron chi connectivity index (χ4n) is 2.10. The van der Waals surface area contributed by atoms with Crippen molar-refractivity contribution in [2.24, 2.45) is 16.6 Å². The molecule has 1 aliphatic rings. The van der Waals surface area contributed by atoms with E-state index in [2.05, 4.69) is 29.1 Å². The summed E-state index contributed by atoms with van der Waals surface area (Å²) in [6.45, 7) is 4.31. The van der Waals surface area contributed by atoms with Gasteiger partial charge < -0.3 is 16.0 Å². The third-order valence-electron chi connectivity index (χ3n) is 3.28. The number of nitrogens with one attached hydrogen (secondary N) is 2. The van der Waals surface area contributed by atoms with Gasteiger partial charge in [0.1, 0.15) is 12.0 Å². The van der Waals surface area contributed by atoms with Crippen LogP contribution >= 0.6 is 12.4 Å². The molecule has 1 unspecified atom stereocenters. The minimum atomic E-state index is -0.212.